The van der Waals surface area contributed by atoms with E-state index in [1.807, 2.05) is 24.3 Å². The summed E-state index contributed by atoms with van der Waals surface area (Å²) in [6, 6.07) is 7.55. The van der Waals surface area contributed by atoms with E-state index in [9.17, 15) is 9.59 Å². The molecule has 0 unspecified atom stereocenters. The Morgan fingerprint density at radius 2 is 1.91 bits per heavy atom. The standard InChI is InChI=1S/C16H23ClN2O3/c1-13(20)19(11-8-16(21)18-9-12-22-2)10-7-14-3-5-15(17)6-4-14/h3-6H,7-12H2,1-2H3,(H,18,21). The second kappa shape index (κ2) is 10.2. The van der Waals surface area contributed by atoms with E-state index >= 15 is 0 Å². The minimum Gasteiger partial charge on any atom is -0.383 e. The van der Waals surface area contributed by atoms with Crippen molar-refractivity contribution in [1.29, 1.82) is 0 Å². The molecule has 1 N–H and O–H groups in total. The molecule has 1 rings (SSSR count). The van der Waals surface area contributed by atoms with Gasteiger partial charge in [0.05, 0.1) is 6.61 Å². The summed E-state index contributed by atoms with van der Waals surface area (Å²) in [5, 5.41) is 3.44. The van der Waals surface area contributed by atoms with E-state index < -0.39 is 0 Å². The van der Waals surface area contributed by atoms with Gasteiger partial charge in [-0.2, -0.15) is 0 Å². The van der Waals surface area contributed by atoms with E-state index in [1.165, 1.54) is 6.92 Å². The monoisotopic (exact) mass is 326 g/mol. The Hall–Kier alpha value is -1.59. The highest BCUT2D eigenvalue weighted by Crippen LogP contribution is 2.10. The molecular formula is C16H23ClN2O3. The average molecular weight is 327 g/mol. The lowest BCUT2D eigenvalue weighted by Gasteiger charge is -2.21. The molecule has 0 aliphatic rings. The maximum absolute atomic E-state index is 11.6. The third-order valence-corrected chi connectivity index (χ3v) is 3.52. The van der Waals surface area contributed by atoms with Crippen molar-refractivity contribution in [1.82, 2.24) is 10.2 Å². The lowest BCUT2D eigenvalue weighted by Crippen LogP contribution is -2.35. The van der Waals surface area contributed by atoms with Gasteiger partial charge in [0, 0.05) is 45.1 Å². The van der Waals surface area contributed by atoms with Crippen LogP contribution in [0.1, 0.15) is 18.9 Å². The molecule has 0 saturated heterocycles. The Kier molecular flexibility index (Phi) is 8.55. The van der Waals surface area contributed by atoms with Crippen LogP contribution in [-0.4, -0.2) is 50.1 Å². The number of carbonyl (C=O) groups is 2. The first-order valence-electron chi connectivity index (χ1n) is 7.28. The maximum Gasteiger partial charge on any atom is 0.221 e. The number of nitrogens with one attached hydrogen (secondary N) is 1. The van der Waals surface area contributed by atoms with Crippen molar-refractivity contribution < 1.29 is 14.3 Å². The lowest BCUT2D eigenvalue weighted by molar-refractivity contribution is -0.129. The highest BCUT2D eigenvalue weighted by Gasteiger charge is 2.11. The van der Waals surface area contributed by atoms with Crippen LogP contribution in [0.2, 0.25) is 5.02 Å². The summed E-state index contributed by atoms with van der Waals surface area (Å²) in [6.07, 6.45) is 1.03. The quantitative estimate of drug-likeness (QED) is 0.705. The Labute approximate surface area is 136 Å². The molecule has 0 aliphatic carbocycles. The first-order valence-corrected chi connectivity index (χ1v) is 7.66. The highest BCUT2D eigenvalue weighted by atomic mass is 35.5. The van der Waals surface area contributed by atoms with Crippen molar-refractivity contribution in [3.05, 3.63) is 34.9 Å². The van der Waals surface area contributed by atoms with Crippen LogP contribution < -0.4 is 5.32 Å². The molecule has 0 heterocycles. The maximum atomic E-state index is 11.6. The molecule has 0 radical (unpaired) electrons. The fraction of sp³-hybridized carbons (Fsp3) is 0.500. The van der Waals surface area contributed by atoms with Gasteiger partial charge in [0.25, 0.3) is 0 Å². The number of methoxy groups -OCH3 is 1. The third kappa shape index (κ3) is 7.43. The number of halogens is 1. The molecule has 0 atom stereocenters. The van der Waals surface area contributed by atoms with Gasteiger partial charge < -0.3 is 15.0 Å². The van der Waals surface area contributed by atoms with E-state index in [0.29, 0.717) is 37.7 Å². The molecule has 0 spiro atoms. The van der Waals surface area contributed by atoms with E-state index in [0.717, 1.165) is 12.0 Å². The zero-order valence-electron chi connectivity index (χ0n) is 13.1. The predicted molar refractivity (Wildman–Crippen MR) is 86.9 cm³/mol. The molecule has 0 aromatic heterocycles. The summed E-state index contributed by atoms with van der Waals surface area (Å²) < 4.78 is 4.86. The van der Waals surface area contributed by atoms with Gasteiger partial charge in [-0.25, -0.2) is 0 Å². The molecule has 1 aromatic rings. The van der Waals surface area contributed by atoms with Crippen LogP contribution in [0, 0.1) is 0 Å². The van der Waals surface area contributed by atoms with Crippen LogP contribution in [0.3, 0.4) is 0 Å². The van der Waals surface area contributed by atoms with Crippen LogP contribution in [0.4, 0.5) is 0 Å². The second-order valence-electron chi connectivity index (χ2n) is 4.98. The number of carbonyl (C=O) groups excluding carboxylic acids is 2. The smallest absolute Gasteiger partial charge is 0.221 e. The van der Waals surface area contributed by atoms with Crippen LogP contribution >= 0.6 is 11.6 Å². The van der Waals surface area contributed by atoms with E-state index in [-0.39, 0.29) is 11.8 Å². The third-order valence-electron chi connectivity index (χ3n) is 3.27. The van der Waals surface area contributed by atoms with Gasteiger partial charge in [0.2, 0.25) is 11.8 Å². The van der Waals surface area contributed by atoms with Crippen molar-refractivity contribution in [3.63, 3.8) is 0 Å². The molecule has 22 heavy (non-hydrogen) atoms. The minimum absolute atomic E-state index is 0.0290. The van der Waals surface area contributed by atoms with Gasteiger partial charge in [-0.1, -0.05) is 23.7 Å². The van der Waals surface area contributed by atoms with Crippen molar-refractivity contribution in [2.24, 2.45) is 0 Å². The van der Waals surface area contributed by atoms with E-state index in [1.54, 1.807) is 12.0 Å². The van der Waals surface area contributed by atoms with Gasteiger partial charge in [0.15, 0.2) is 0 Å². The first-order chi connectivity index (χ1) is 10.5. The molecule has 0 fully saturated rings. The normalized spacial score (nSPS) is 10.3. The Morgan fingerprint density at radius 3 is 2.50 bits per heavy atom. The fourth-order valence-corrected chi connectivity index (χ4v) is 2.09. The molecular weight excluding hydrogens is 304 g/mol. The molecule has 6 heteroatoms. The van der Waals surface area contributed by atoms with Crippen molar-refractivity contribution in [3.8, 4) is 0 Å². The van der Waals surface area contributed by atoms with Crippen molar-refractivity contribution in [2.45, 2.75) is 19.8 Å². The fourth-order valence-electron chi connectivity index (χ4n) is 1.96. The predicted octanol–water partition coefficient (Wildman–Crippen LogP) is 1.88. The first kappa shape index (κ1) is 18.5. The van der Waals surface area contributed by atoms with E-state index in [4.69, 9.17) is 16.3 Å². The molecule has 122 valence electrons. The van der Waals surface area contributed by atoms with E-state index in [2.05, 4.69) is 5.32 Å². The Bertz CT molecular complexity index is 477. The lowest BCUT2D eigenvalue weighted by atomic mass is 10.1. The largest absolute Gasteiger partial charge is 0.383 e. The van der Waals surface area contributed by atoms with Gasteiger partial charge in [-0.05, 0) is 24.1 Å². The number of ether oxygens (including phenoxy) is 1. The van der Waals surface area contributed by atoms with Gasteiger partial charge in [-0.3, -0.25) is 9.59 Å². The number of nitrogens with zero attached hydrogens (tertiary/aromatic N) is 1. The van der Waals surface area contributed by atoms with Crippen molar-refractivity contribution >= 4 is 23.4 Å². The van der Waals surface area contributed by atoms with Gasteiger partial charge >= 0.3 is 0 Å². The molecule has 0 saturated carbocycles. The topological polar surface area (TPSA) is 58.6 Å². The molecule has 0 aliphatic heterocycles. The summed E-state index contributed by atoms with van der Waals surface area (Å²) >= 11 is 5.84. The molecule has 2 amide bonds. The SMILES string of the molecule is COCCNC(=O)CCN(CCc1ccc(Cl)cc1)C(C)=O. The molecule has 5 nitrogen and oxygen atoms in total. The van der Waals surface area contributed by atoms with Crippen LogP contribution in [0.15, 0.2) is 24.3 Å². The molecule has 1 aromatic carbocycles. The number of amides is 2. The van der Waals surface area contributed by atoms with Gasteiger partial charge in [0.1, 0.15) is 0 Å². The van der Waals surface area contributed by atoms with Crippen LogP contribution in [0.5, 0.6) is 0 Å². The second-order valence-corrected chi connectivity index (χ2v) is 5.41. The number of hydrogen-bond acceptors (Lipinski definition) is 3. The van der Waals surface area contributed by atoms with Crippen LogP contribution in [0.25, 0.3) is 0 Å². The Balaban J connectivity index is 2.37. The summed E-state index contributed by atoms with van der Waals surface area (Å²) in [5.41, 5.74) is 1.11. The molecule has 0 bridgehead atoms. The zero-order valence-corrected chi connectivity index (χ0v) is 13.9. The number of benzene rings is 1. The summed E-state index contributed by atoms with van der Waals surface area (Å²) in [4.78, 5) is 25.0. The van der Waals surface area contributed by atoms with Crippen LogP contribution in [-0.2, 0) is 20.7 Å². The minimum atomic E-state index is -0.0743. The zero-order chi connectivity index (χ0) is 16.4. The van der Waals surface area contributed by atoms with Gasteiger partial charge in [-0.15, -0.1) is 0 Å². The van der Waals surface area contributed by atoms with Crippen molar-refractivity contribution in [2.75, 3.05) is 33.4 Å². The summed E-state index contributed by atoms with van der Waals surface area (Å²) in [6.45, 7) is 3.49. The highest BCUT2D eigenvalue weighted by molar-refractivity contribution is 6.30. The summed E-state index contributed by atoms with van der Waals surface area (Å²) in [7, 11) is 1.58. The Morgan fingerprint density at radius 1 is 1.23 bits per heavy atom. The average Bonchev–Trinajstić information content (AvgIpc) is 2.49. The number of rotatable bonds is 9. The summed E-state index contributed by atoms with van der Waals surface area (Å²) in [5.74, 6) is -0.103. The number of hydrogen-bond donors (Lipinski definition) is 1.